The Morgan fingerprint density at radius 2 is 1.93 bits per heavy atom. The number of hydrogen-bond donors (Lipinski definition) is 1. The molecule has 0 bridgehead atoms. The van der Waals surface area contributed by atoms with E-state index in [1.54, 1.807) is 47.4 Å². The van der Waals surface area contributed by atoms with Crippen LogP contribution < -0.4 is 9.50 Å². The van der Waals surface area contributed by atoms with Gasteiger partial charge in [-0.15, -0.1) is 0 Å². The lowest BCUT2D eigenvalue weighted by molar-refractivity contribution is 0.187. The zero-order valence-corrected chi connectivity index (χ0v) is 18.1. The fraction of sp³-hybridized carbons (Fsp3) is 0.316. The minimum absolute atomic E-state index is 0.0643. The van der Waals surface area contributed by atoms with Crippen molar-refractivity contribution in [2.24, 2.45) is 0 Å². The van der Waals surface area contributed by atoms with Crippen LogP contribution in [0.15, 0.2) is 42.5 Å². The summed E-state index contributed by atoms with van der Waals surface area (Å²) in [6, 6.07) is 11.1. The van der Waals surface area contributed by atoms with E-state index in [0.717, 1.165) is 18.2 Å². The molecule has 2 aromatic rings. The van der Waals surface area contributed by atoms with Crippen molar-refractivity contribution < 1.29 is 17.4 Å². The van der Waals surface area contributed by atoms with E-state index in [2.05, 4.69) is 5.32 Å². The lowest BCUT2D eigenvalue weighted by Crippen LogP contribution is -2.40. The third-order valence-corrected chi connectivity index (χ3v) is 5.10. The number of nitrogens with one attached hydrogen (secondary N) is 1. The number of carbonyl (C=O) groups excluding carboxylic acids is 1. The molecule has 0 radical (unpaired) electrons. The fourth-order valence-corrected chi connectivity index (χ4v) is 3.40. The van der Waals surface area contributed by atoms with Crippen molar-refractivity contribution in [2.75, 3.05) is 11.6 Å². The summed E-state index contributed by atoms with van der Waals surface area (Å²) in [5, 5.41) is 3.61. The summed E-state index contributed by atoms with van der Waals surface area (Å²) < 4.78 is 27.6. The van der Waals surface area contributed by atoms with Crippen LogP contribution in [0.1, 0.15) is 25.8 Å². The molecule has 0 heterocycles. The number of urea groups is 1. The highest BCUT2D eigenvalue weighted by atomic mass is 35.5. The summed E-state index contributed by atoms with van der Waals surface area (Å²) in [6.07, 6.45) is 1.72. The molecule has 1 N–H and O–H groups in total. The molecule has 1 unspecified atom stereocenters. The van der Waals surface area contributed by atoms with Gasteiger partial charge in [0.05, 0.1) is 17.0 Å². The minimum atomic E-state index is -3.63. The Bertz CT molecular complexity index is 951. The molecule has 2 amide bonds. The Hall–Kier alpha value is -1.96. The second-order valence-corrected chi connectivity index (χ2v) is 8.79. The maximum Gasteiger partial charge on any atom is 0.322 e. The first-order valence-electron chi connectivity index (χ1n) is 8.60. The number of amides is 2. The highest BCUT2D eigenvalue weighted by Crippen LogP contribution is 2.26. The predicted octanol–water partition coefficient (Wildman–Crippen LogP) is 5.16. The van der Waals surface area contributed by atoms with E-state index in [4.69, 9.17) is 27.4 Å². The molecular weight excluding hydrogens is 423 g/mol. The average Bonchev–Trinajstić information content (AvgIpc) is 2.60. The third kappa shape index (κ3) is 6.58. The Balaban J connectivity index is 2.22. The van der Waals surface area contributed by atoms with Crippen LogP contribution in [0.4, 0.5) is 10.5 Å². The summed E-state index contributed by atoms with van der Waals surface area (Å²) >= 11 is 12.0. The van der Waals surface area contributed by atoms with Crippen LogP contribution in [0.3, 0.4) is 0 Å². The van der Waals surface area contributed by atoms with Gasteiger partial charge in [0.1, 0.15) is 5.75 Å². The quantitative estimate of drug-likeness (QED) is 0.597. The summed E-state index contributed by atoms with van der Waals surface area (Å²) in [7, 11) is -3.63. The Morgan fingerprint density at radius 1 is 1.21 bits per heavy atom. The van der Waals surface area contributed by atoms with Crippen molar-refractivity contribution in [2.45, 2.75) is 32.9 Å². The maximum atomic E-state index is 12.9. The van der Waals surface area contributed by atoms with Crippen LogP contribution in [0, 0.1) is 0 Å². The molecule has 0 aliphatic carbocycles. The van der Waals surface area contributed by atoms with Crippen LogP contribution in [0.2, 0.25) is 10.0 Å². The first-order valence-corrected chi connectivity index (χ1v) is 11.2. The molecule has 0 saturated carbocycles. The van der Waals surface area contributed by atoms with Crippen LogP contribution >= 0.6 is 23.2 Å². The van der Waals surface area contributed by atoms with Crippen molar-refractivity contribution in [3.8, 4) is 5.75 Å². The number of anilines is 1. The molecule has 6 nitrogen and oxygen atoms in total. The van der Waals surface area contributed by atoms with Gasteiger partial charge in [0.25, 0.3) is 0 Å². The van der Waals surface area contributed by atoms with E-state index in [1.807, 2.05) is 13.8 Å². The summed E-state index contributed by atoms with van der Waals surface area (Å²) in [5.41, 5.74) is 1.19. The second kappa shape index (κ2) is 9.49. The molecule has 0 saturated heterocycles. The molecule has 0 fully saturated rings. The molecule has 28 heavy (non-hydrogen) atoms. The monoisotopic (exact) mass is 444 g/mol. The van der Waals surface area contributed by atoms with E-state index < -0.39 is 10.1 Å². The molecule has 152 valence electrons. The Morgan fingerprint density at radius 3 is 2.54 bits per heavy atom. The second-order valence-electron chi connectivity index (χ2n) is 6.37. The number of benzene rings is 2. The summed E-state index contributed by atoms with van der Waals surface area (Å²) in [5.74, 6) is 0.199. The molecule has 0 aliphatic rings. The van der Waals surface area contributed by atoms with E-state index in [9.17, 15) is 13.2 Å². The van der Waals surface area contributed by atoms with Crippen LogP contribution in [-0.2, 0) is 16.7 Å². The topological polar surface area (TPSA) is 75.7 Å². The van der Waals surface area contributed by atoms with Gasteiger partial charge < -0.3 is 14.4 Å². The number of carbonyl (C=O) groups is 1. The Kier molecular flexibility index (Phi) is 7.57. The van der Waals surface area contributed by atoms with Crippen LogP contribution in [-0.4, -0.2) is 31.6 Å². The van der Waals surface area contributed by atoms with Gasteiger partial charge in [-0.2, -0.15) is 8.42 Å². The normalized spacial score (nSPS) is 12.3. The first-order chi connectivity index (χ1) is 13.1. The highest BCUT2D eigenvalue weighted by Gasteiger charge is 2.20. The molecule has 1 atom stereocenters. The maximum absolute atomic E-state index is 12.9. The number of nitrogens with zero attached hydrogens (tertiary/aromatic N) is 1. The zero-order valence-electron chi connectivity index (χ0n) is 15.8. The molecule has 0 aromatic heterocycles. The van der Waals surface area contributed by atoms with Gasteiger partial charge in [0.2, 0.25) is 0 Å². The van der Waals surface area contributed by atoms with Gasteiger partial charge in [0.15, 0.2) is 0 Å². The average molecular weight is 445 g/mol. The first kappa shape index (κ1) is 22.3. The fourth-order valence-electron chi connectivity index (χ4n) is 2.49. The van der Waals surface area contributed by atoms with Crippen molar-refractivity contribution in [1.82, 2.24) is 4.90 Å². The van der Waals surface area contributed by atoms with Gasteiger partial charge in [-0.25, -0.2) is 4.79 Å². The predicted molar refractivity (Wildman–Crippen MR) is 113 cm³/mol. The highest BCUT2D eigenvalue weighted by molar-refractivity contribution is 7.86. The Labute approximate surface area is 175 Å². The number of rotatable bonds is 7. The van der Waals surface area contributed by atoms with E-state index in [1.165, 1.54) is 0 Å². The van der Waals surface area contributed by atoms with E-state index in [0.29, 0.717) is 15.7 Å². The summed E-state index contributed by atoms with van der Waals surface area (Å²) in [4.78, 5) is 14.5. The van der Waals surface area contributed by atoms with Crippen LogP contribution in [0.5, 0.6) is 5.75 Å². The van der Waals surface area contributed by atoms with Gasteiger partial charge in [-0.1, -0.05) is 42.3 Å². The third-order valence-electron chi connectivity index (χ3n) is 4.06. The van der Waals surface area contributed by atoms with Crippen LogP contribution in [0.25, 0.3) is 0 Å². The molecule has 0 spiro atoms. The van der Waals surface area contributed by atoms with Gasteiger partial charge in [0, 0.05) is 17.6 Å². The van der Waals surface area contributed by atoms with E-state index >= 15 is 0 Å². The largest absolute Gasteiger partial charge is 0.383 e. The molecule has 2 rings (SSSR count). The lowest BCUT2D eigenvalue weighted by Gasteiger charge is -2.29. The van der Waals surface area contributed by atoms with Gasteiger partial charge in [-0.05, 0) is 49.2 Å². The van der Waals surface area contributed by atoms with Gasteiger partial charge in [-0.3, -0.25) is 0 Å². The lowest BCUT2D eigenvalue weighted by atomic mass is 10.1. The molecule has 2 aromatic carbocycles. The number of halogens is 2. The van der Waals surface area contributed by atoms with Gasteiger partial charge >= 0.3 is 16.1 Å². The zero-order chi connectivity index (χ0) is 20.9. The smallest absolute Gasteiger partial charge is 0.322 e. The van der Waals surface area contributed by atoms with Crippen molar-refractivity contribution in [1.29, 1.82) is 0 Å². The SMILES string of the molecule is CCC(C)N(Cc1cccc(OS(C)(=O)=O)c1)C(=O)Nc1ccc(Cl)cc1Cl. The van der Waals surface area contributed by atoms with Crippen molar-refractivity contribution in [3.63, 3.8) is 0 Å². The molecule has 0 aliphatic heterocycles. The number of hydrogen-bond acceptors (Lipinski definition) is 4. The molecule has 9 heteroatoms. The van der Waals surface area contributed by atoms with Crippen molar-refractivity contribution >= 4 is 45.0 Å². The van der Waals surface area contributed by atoms with Crippen molar-refractivity contribution in [3.05, 3.63) is 58.1 Å². The van der Waals surface area contributed by atoms with E-state index in [-0.39, 0.29) is 24.4 Å². The standard InChI is InChI=1S/C19H22Cl2N2O4S/c1-4-13(2)23(19(24)22-18-9-8-15(20)11-17(18)21)12-14-6-5-7-16(10-14)27-28(3,25)26/h5-11,13H,4,12H2,1-3H3,(H,22,24). The minimum Gasteiger partial charge on any atom is -0.383 e. The summed E-state index contributed by atoms with van der Waals surface area (Å²) in [6.45, 7) is 4.18. The molecular formula is C19H22Cl2N2O4S.